The number of nitrogens with zero attached hydrogens (tertiary/aromatic N) is 3. The molecule has 0 unspecified atom stereocenters. The van der Waals surface area contributed by atoms with Crippen LogP contribution in [-0.2, 0) is 0 Å². The second kappa shape index (κ2) is 6.83. The third kappa shape index (κ3) is 3.73. The standard InChI is InChI=1S/C15H10ClN5O3S/c16-10-6-5-8(21(23)24)7-9(10)13(22)19-14(17)20-15-18-11-3-1-2-4-12(11)25-15/h1-7H,(H3,17,18,19,20,22). The van der Waals surface area contributed by atoms with Crippen molar-refractivity contribution in [3.63, 3.8) is 0 Å². The highest BCUT2D eigenvalue weighted by atomic mass is 35.5. The number of rotatable bonds is 3. The fraction of sp³-hybridized carbons (Fsp3) is 0. The molecule has 0 aliphatic carbocycles. The van der Waals surface area contributed by atoms with Crippen molar-refractivity contribution in [1.29, 1.82) is 0 Å². The molecule has 0 saturated carbocycles. The van der Waals surface area contributed by atoms with Crippen molar-refractivity contribution in [1.82, 2.24) is 10.3 Å². The van der Waals surface area contributed by atoms with Gasteiger partial charge in [-0.25, -0.2) is 4.98 Å². The molecule has 0 aliphatic rings. The number of nitrogens with two attached hydrogens (primary N) is 1. The van der Waals surface area contributed by atoms with Gasteiger partial charge in [0.2, 0.25) is 11.1 Å². The number of hydrogen-bond donors (Lipinski definition) is 2. The summed E-state index contributed by atoms with van der Waals surface area (Å²) in [4.78, 5) is 30.7. The molecule has 1 amide bonds. The van der Waals surface area contributed by atoms with E-state index >= 15 is 0 Å². The lowest BCUT2D eigenvalue weighted by Gasteiger charge is -2.05. The summed E-state index contributed by atoms with van der Waals surface area (Å²) >= 11 is 7.23. The van der Waals surface area contributed by atoms with Gasteiger partial charge in [-0.3, -0.25) is 20.2 Å². The molecule has 1 aromatic heterocycles. The van der Waals surface area contributed by atoms with Gasteiger partial charge in [0, 0.05) is 12.1 Å². The van der Waals surface area contributed by atoms with Crippen molar-refractivity contribution in [2.45, 2.75) is 0 Å². The Kier molecular flexibility index (Phi) is 4.59. The highest BCUT2D eigenvalue weighted by Crippen LogP contribution is 2.27. The van der Waals surface area contributed by atoms with Crippen LogP contribution in [-0.4, -0.2) is 21.8 Å². The van der Waals surface area contributed by atoms with Crippen LogP contribution < -0.4 is 11.1 Å². The highest BCUT2D eigenvalue weighted by molar-refractivity contribution is 7.22. The van der Waals surface area contributed by atoms with Crippen LogP contribution in [0.3, 0.4) is 0 Å². The Bertz CT molecular complexity index is 984. The zero-order chi connectivity index (χ0) is 18.0. The maximum atomic E-state index is 12.2. The molecular weight excluding hydrogens is 366 g/mol. The van der Waals surface area contributed by atoms with Gasteiger partial charge >= 0.3 is 0 Å². The van der Waals surface area contributed by atoms with Crippen LogP contribution in [0.4, 0.5) is 10.8 Å². The van der Waals surface area contributed by atoms with Gasteiger partial charge in [0.15, 0.2) is 0 Å². The van der Waals surface area contributed by atoms with Crippen LogP contribution in [0.25, 0.3) is 10.2 Å². The number of nitro benzene ring substituents is 1. The van der Waals surface area contributed by atoms with Gasteiger partial charge in [-0.05, 0) is 18.2 Å². The first kappa shape index (κ1) is 16.8. The molecule has 3 aromatic rings. The highest BCUT2D eigenvalue weighted by Gasteiger charge is 2.16. The summed E-state index contributed by atoms with van der Waals surface area (Å²) in [5.74, 6) is -0.886. The number of aliphatic imine (C=N–C) groups is 1. The van der Waals surface area contributed by atoms with Crippen LogP contribution in [0.15, 0.2) is 47.5 Å². The van der Waals surface area contributed by atoms with Crippen molar-refractivity contribution in [3.8, 4) is 0 Å². The Morgan fingerprint density at radius 2 is 2.08 bits per heavy atom. The maximum Gasteiger partial charge on any atom is 0.270 e. The fourth-order valence-corrected chi connectivity index (χ4v) is 3.08. The van der Waals surface area contributed by atoms with Crippen LogP contribution in [0.5, 0.6) is 0 Å². The van der Waals surface area contributed by atoms with E-state index in [4.69, 9.17) is 17.3 Å². The third-order valence-electron chi connectivity index (χ3n) is 3.15. The Balaban J connectivity index is 1.82. The van der Waals surface area contributed by atoms with Gasteiger partial charge in [-0.2, -0.15) is 4.99 Å². The second-order valence-electron chi connectivity index (χ2n) is 4.84. The number of nitro groups is 1. The summed E-state index contributed by atoms with van der Waals surface area (Å²) in [6.45, 7) is 0. The van der Waals surface area contributed by atoms with Gasteiger partial charge in [0.25, 0.3) is 11.6 Å². The molecule has 0 spiro atoms. The molecule has 1 heterocycles. The average molecular weight is 376 g/mol. The van der Waals surface area contributed by atoms with E-state index in [2.05, 4.69) is 15.3 Å². The van der Waals surface area contributed by atoms with Crippen molar-refractivity contribution < 1.29 is 9.72 Å². The number of aromatic nitrogens is 1. The zero-order valence-corrected chi connectivity index (χ0v) is 14.0. The van der Waals surface area contributed by atoms with Gasteiger partial charge in [-0.15, -0.1) is 0 Å². The van der Waals surface area contributed by atoms with Crippen molar-refractivity contribution in [2.24, 2.45) is 10.7 Å². The van der Waals surface area contributed by atoms with E-state index in [0.717, 1.165) is 16.3 Å². The minimum absolute atomic E-state index is 0.0656. The Morgan fingerprint density at radius 3 is 2.80 bits per heavy atom. The minimum atomic E-state index is -0.698. The predicted octanol–water partition coefficient (Wildman–Crippen LogP) is 3.23. The number of benzene rings is 2. The molecule has 0 aliphatic heterocycles. The lowest BCUT2D eigenvalue weighted by Crippen LogP contribution is -2.36. The molecule has 10 heteroatoms. The van der Waals surface area contributed by atoms with E-state index in [0.29, 0.717) is 5.13 Å². The number of carbonyl (C=O) groups is 1. The smallest absolute Gasteiger partial charge is 0.270 e. The normalized spacial score (nSPS) is 11.5. The second-order valence-corrected chi connectivity index (χ2v) is 6.25. The van der Waals surface area contributed by atoms with Crippen LogP contribution in [0, 0.1) is 10.1 Å². The van der Waals surface area contributed by atoms with Crippen LogP contribution >= 0.6 is 22.9 Å². The Morgan fingerprint density at radius 1 is 1.32 bits per heavy atom. The van der Waals surface area contributed by atoms with E-state index in [9.17, 15) is 14.9 Å². The summed E-state index contributed by atoms with van der Waals surface area (Å²) in [6, 6.07) is 11.0. The number of hydrogen-bond acceptors (Lipinski definition) is 6. The van der Waals surface area contributed by atoms with E-state index in [1.165, 1.54) is 23.5 Å². The van der Waals surface area contributed by atoms with Gasteiger partial charge in [-0.1, -0.05) is 35.1 Å². The summed E-state index contributed by atoms with van der Waals surface area (Å²) in [5.41, 5.74) is 6.17. The van der Waals surface area contributed by atoms with E-state index < -0.39 is 10.8 Å². The number of nitrogens with one attached hydrogen (secondary N) is 1. The molecule has 0 bridgehead atoms. The van der Waals surface area contributed by atoms with E-state index in [1.807, 2.05) is 24.3 Å². The minimum Gasteiger partial charge on any atom is -0.369 e. The largest absolute Gasteiger partial charge is 0.369 e. The fourth-order valence-electron chi connectivity index (χ4n) is 2.02. The van der Waals surface area contributed by atoms with Crippen LogP contribution in [0.2, 0.25) is 5.02 Å². The topological polar surface area (TPSA) is 124 Å². The Hall–Kier alpha value is -3.04. The summed E-state index contributed by atoms with van der Waals surface area (Å²) in [7, 11) is 0. The first-order valence-electron chi connectivity index (χ1n) is 6.89. The Labute approximate surface area is 150 Å². The van der Waals surface area contributed by atoms with Crippen molar-refractivity contribution in [2.75, 3.05) is 0 Å². The zero-order valence-electron chi connectivity index (χ0n) is 12.5. The average Bonchev–Trinajstić information content (AvgIpc) is 2.96. The number of non-ortho nitro benzene ring substituents is 1. The van der Waals surface area contributed by atoms with Crippen molar-refractivity contribution >= 4 is 55.8 Å². The monoisotopic (exact) mass is 375 g/mol. The summed E-state index contributed by atoms with van der Waals surface area (Å²) in [5, 5.41) is 13.6. The molecule has 126 valence electrons. The van der Waals surface area contributed by atoms with Gasteiger partial charge < -0.3 is 5.73 Å². The molecule has 8 nitrogen and oxygen atoms in total. The molecule has 0 saturated heterocycles. The number of para-hydroxylation sites is 1. The van der Waals surface area contributed by atoms with Crippen LogP contribution in [0.1, 0.15) is 10.4 Å². The SMILES string of the molecule is N/C(=N/c1nc2ccccc2s1)NC(=O)c1cc([N+](=O)[O-])ccc1Cl. The van der Waals surface area contributed by atoms with Crippen molar-refractivity contribution in [3.05, 3.63) is 63.2 Å². The molecule has 0 radical (unpaired) electrons. The number of amides is 1. The lowest BCUT2D eigenvalue weighted by atomic mass is 10.2. The molecule has 3 N–H and O–H groups in total. The first-order chi connectivity index (χ1) is 11.9. The molecule has 0 fully saturated rings. The number of halogens is 1. The summed E-state index contributed by atoms with van der Waals surface area (Å²) in [6.07, 6.45) is 0. The number of guanidine groups is 1. The molecule has 0 atom stereocenters. The van der Waals surface area contributed by atoms with Gasteiger partial charge in [0.05, 0.1) is 25.7 Å². The van der Waals surface area contributed by atoms with Gasteiger partial charge in [0.1, 0.15) is 0 Å². The first-order valence-corrected chi connectivity index (χ1v) is 8.08. The predicted molar refractivity (Wildman–Crippen MR) is 96.5 cm³/mol. The molecule has 25 heavy (non-hydrogen) atoms. The van der Waals surface area contributed by atoms with E-state index in [-0.39, 0.29) is 22.2 Å². The number of thiazole rings is 1. The number of carbonyl (C=O) groups excluding carboxylic acids is 1. The lowest BCUT2D eigenvalue weighted by molar-refractivity contribution is -0.384. The number of fused-ring (bicyclic) bond motifs is 1. The summed E-state index contributed by atoms with van der Waals surface area (Å²) < 4.78 is 0.933. The molecule has 3 rings (SSSR count). The van der Waals surface area contributed by atoms with E-state index in [1.54, 1.807) is 0 Å². The molecule has 2 aromatic carbocycles. The maximum absolute atomic E-state index is 12.2. The third-order valence-corrected chi connectivity index (χ3v) is 4.41. The molecular formula is C15H10ClN5O3S. The quantitative estimate of drug-likeness (QED) is 0.315.